The van der Waals surface area contributed by atoms with Crippen LogP contribution in [0.3, 0.4) is 0 Å². The summed E-state index contributed by atoms with van der Waals surface area (Å²) in [6, 6.07) is 5.78. The molecule has 1 N–H and O–H groups in total. The fourth-order valence-electron chi connectivity index (χ4n) is 2.23. The van der Waals surface area contributed by atoms with Gasteiger partial charge in [-0.25, -0.2) is 0 Å². The van der Waals surface area contributed by atoms with Gasteiger partial charge < -0.3 is 5.11 Å². The number of piperidine rings is 1. The first-order chi connectivity index (χ1) is 8.56. The van der Waals surface area contributed by atoms with E-state index in [1.54, 1.807) is 0 Å². The summed E-state index contributed by atoms with van der Waals surface area (Å²) in [5, 5.41) is 9.67. The van der Waals surface area contributed by atoms with E-state index < -0.39 is 5.97 Å². The summed E-state index contributed by atoms with van der Waals surface area (Å²) in [7, 11) is 0. The van der Waals surface area contributed by atoms with Crippen molar-refractivity contribution in [2.75, 3.05) is 13.1 Å². The van der Waals surface area contributed by atoms with Crippen LogP contribution in [0.1, 0.15) is 18.4 Å². The summed E-state index contributed by atoms with van der Waals surface area (Å²) in [6.45, 7) is 2.52. The summed E-state index contributed by atoms with van der Waals surface area (Å²) < 4.78 is 1.01. The van der Waals surface area contributed by atoms with E-state index >= 15 is 0 Å². The largest absolute Gasteiger partial charge is 0.481 e. The minimum atomic E-state index is -0.665. The van der Waals surface area contributed by atoms with Crippen LogP contribution in [0, 0.1) is 5.92 Å². The van der Waals surface area contributed by atoms with Gasteiger partial charge in [-0.15, -0.1) is 0 Å². The molecule has 1 saturated heterocycles. The van der Waals surface area contributed by atoms with Crippen molar-refractivity contribution in [2.24, 2.45) is 5.92 Å². The Balaban J connectivity index is 1.93. The van der Waals surface area contributed by atoms with Crippen LogP contribution in [0.4, 0.5) is 0 Å². The Bertz CT molecular complexity index is 445. The molecule has 0 atom stereocenters. The van der Waals surface area contributed by atoms with E-state index in [1.165, 1.54) is 5.56 Å². The highest BCUT2D eigenvalue weighted by atomic mass is 79.9. The van der Waals surface area contributed by atoms with Crippen LogP contribution in [0.25, 0.3) is 0 Å². The third-order valence-corrected chi connectivity index (χ3v) is 4.32. The molecule has 0 aromatic heterocycles. The number of nitrogens with zero attached hydrogens (tertiary/aromatic N) is 1. The van der Waals surface area contributed by atoms with Gasteiger partial charge in [0, 0.05) is 16.0 Å². The molecule has 0 unspecified atom stereocenters. The molecule has 2 rings (SSSR count). The second-order valence-electron chi connectivity index (χ2n) is 4.62. The highest BCUT2D eigenvalue weighted by molar-refractivity contribution is 9.10. The smallest absolute Gasteiger partial charge is 0.306 e. The Labute approximate surface area is 120 Å². The van der Waals surface area contributed by atoms with Gasteiger partial charge in [-0.05, 0) is 43.6 Å². The first-order valence-electron chi connectivity index (χ1n) is 5.95. The number of likely N-dealkylation sites (tertiary alicyclic amines) is 1. The average molecular weight is 333 g/mol. The average Bonchev–Trinajstić information content (AvgIpc) is 2.33. The Kier molecular flexibility index (Phi) is 4.65. The van der Waals surface area contributed by atoms with E-state index in [4.69, 9.17) is 16.7 Å². The van der Waals surface area contributed by atoms with Crippen molar-refractivity contribution in [1.29, 1.82) is 0 Å². The van der Waals surface area contributed by atoms with Crippen molar-refractivity contribution >= 4 is 33.5 Å². The van der Waals surface area contributed by atoms with E-state index in [9.17, 15) is 4.79 Å². The fraction of sp³-hybridized carbons (Fsp3) is 0.462. The van der Waals surface area contributed by atoms with E-state index in [-0.39, 0.29) is 5.92 Å². The van der Waals surface area contributed by atoms with Gasteiger partial charge in [-0.1, -0.05) is 33.6 Å². The maximum atomic E-state index is 10.9. The molecular weight excluding hydrogens is 318 g/mol. The molecule has 1 heterocycles. The minimum Gasteiger partial charge on any atom is -0.481 e. The lowest BCUT2D eigenvalue weighted by molar-refractivity contribution is -0.143. The predicted molar refractivity (Wildman–Crippen MR) is 74.8 cm³/mol. The summed E-state index contributed by atoms with van der Waals surface area (Å²) in [5.74, 6) is -0.836. The van der Waals surface area contributed by atoms with Crippen molar-refractivity contribution in [3.05, 3.63) is 33.3 Å². The molecule has 1 aliphatic rings. The topological polar surface area (TPSA) is 40.5 Å². The molecule has 98 valence electrons. The van der Waals surface area contributed by atoms with Gasteiger partial charge in [0.1, 0.15) is 0 Å². The number of aliphatic carboxylic acids is 1. The number of carbonyl (C=O) groups is 1. The number of carboxylic acids is 1. The number of carboxylic acid groups (broad SMARTS) is 1. The van der Waals surface area contributed by atoms with Crippen molar-refractivity contribution in [2.45, 2.75) is 19.4 Å². The molecule has 1 aliphatic heterocycles. The lowest BCUT2D eigenvalue weighted by Crippen LogP contribution is -2.35. The zero-order chi connectivity index (χ0) is 13.1. The molecular formula is C13H15BrClNO2. The Morgan fingerprint density at radius 1 is 1.44 bits per heavy atom. The summed E-state index contributed by atoms with van der Waals surface area (Å²) in [5.41, 5.74) is 1.19. The summed E-state index contributed by atoms with van der Waals surface area (Å²) in [4.78, 5) is 13.2. The monoisotopic (exact) mass is 331 g/mol. The zero-order valence-electron chi connectivity index (χ0n) is 9.90. The highest BCUT2D eigenvalue weighted by Crippen LogP contribution is 2.25. The maximum absolute atomic E-state index is 10.9. The van der Waals surface area contributed by atoms with Gasteiger partial charge >= 0.3 is 5.97 Å². The third kappa shape index (κ3) is 3.46. The first kappa shape index (κ1) is 13.8. The number of benzene rings is 1. The van der Waals surface area contributed by atoms with Gasteiger partial charge in [0.05, 0.1) is 5.92 Å². The molecule has 0 bridgehead atoms. The van der Waals surface area contributed by atoms with E-state index in [0.29, 0.717) is 0 Å². The van der Waals surface area contributed by atoms with E-state index in [0.717, 1.165) is 42.0 Å². The Morgan fingerprint density at radius 3 is 2.67 bits per heavy atom. The van der Waals surface area contributed by atoms with Gasteiger partial charge in [-0.2, -0.15) is 0 Å². The zero-order valence-corrected chi connectivity index (χ0v) is 12.2. The molecule has 0 spiro atoms. The molecule has 18 heavy (non-hydrogen) atoms. The van der Waals surface area contributed by atoms with E-state index in [2.05, 4.69) is 20.8 Å². The predicted octanol–water partition coefficient (Wildman–Crippen LogP) is 3.40. The maximum Gasteiger partial charge on any atom is 0.306 e. The Hall–Kier alpha value is -0.580. The molecule has 0 aliphatic carbocycles. The van der Waals surface area contributed by atoms with Crippen molar-refractivity contribution < 1.29 is 9.90 Å². The van der Waals surface area contributed by atoms with Gasteiger partial charge in [0.25, 0.3) is 0 Å². The van der Waals surface area contributed by atoms with Crippen LogP contribution in [0.15, 0.2) is 22.7 Å². The standard InChI is InChI=1S/C13H15BrClNO2/c14-12-7-11(15)2-1-10(12)8-16-5-3-9(4-6-16)13(17)18/h1-2,7,9H,3-6,8H2,(H,17,18). The molecule has 3 nitrogen and oxygen atoms in total. The Morgan fingerprint density at radius 2 is 2.11 bits per heavy atom. The third-order valence-electron chi connectivity index (χ3n) is 3.35. The lowest BCUT2D eigenvalue weighted by atomic mass is 9.97. The van der Waals surface area contributed by atoms with Crippen molar-refractivity contribution in [3.63, 3.8) is 0 Å². The highest BCUT2D eigenvalue weighted by Gasteiger charge is 2.24. The molecule has 1 aromatic rings. The second kappa shape index (κ2) is 6.04. The number of hydrogen-bond donors (Lipinski definition) is 1. The van der Waals surface area contributed by atoms with Crippen molar-refractivity contribution in [3.8, 4) is 0 Å². The molecule has 0 radical (unpaired) electrons. The minimum absolute atomic E-state index is 0.171. The number of halogens is 2. The SMILES string of the molecule is O=C(O)C1CCN(Cc2ccc(Cl)cc2Br)CC1. The van der Waals surface area contributed by atoms with Crippen LogP contribution >= 0.6 is 27.5 Å². The summed E-state index contributed by atoms with van der Waals surface area (Å²) in [6.07, 6.45) is 1.47. The summed E-state index contributed by atoms with van der Waals surface area (Å²) >= 11 is 9.41. The molecule has 1 aromatic carbocycles. The molecule has 5 heteroatoms. The van der Waals surface area contributed by atoms with Gasteiger partial charge in [0.15, 0.2) is 0 Å². The molecule has 0 saturated carbocycles. The quantitative estimate of drug-likeness (QED) is 0.922. The first-order valence-corrected chi connectivity index (χ1v) is 7.12. The number of rotatable bonds is 3. The van der Waals surface area contributed by atoms with Crippen LogP contribution in [0.2, 0.25) is 5.02 Å². The number of hydrogen-bond acceptors (Lipinski definition) is 2. The van der Waals surface area contributed by atoms with Crippen LogP contribution in [-0.4, -0.2) is 29.1 Å². The normalized spacial score (nSPS) is 17.9. The van der Waals surface area contributed by atoms with Crippen LogP contribution in [0.5, 0.6) is 0 Å². The van der Waals surface area contributed by atoms with Gasteiger partial charge in [-0.3, -0.25) is 9.69 Å². The van der Waals surface area contributed by atoms with Crippen LogP contribution in [-0.2, 0) is 11.3 Å². The lowest BCUT2D eigenvalue weighted by Gasteiger charge is -2.30. The van der Waals surface area contributed by atoms with Crippen molar-refractivity contribution in [1.82, 2.24) is 4.90 Å². The molecule has 0 amide bonds. The van der Waals surface area contributed by atoms with E-state index in [1.807, 2.05) is 18.2 Å². The van der Waals surface area contributed by atoms with Crippen LogP contribution < -0.4 is 0 Å². The fourth-order valence-corrected chi connectivity index (χ4v) is 3.04. The molecule has 1 fully saturated rings. The second-order valence-corrected chi connectivity index (χ2v) is 5.92. The van der Waals surface area contributed by atoms with Gasteiger partial charge in [0.2, 0.25) is 0 Å².